The zero-order valence-corrected chi connectivity index (χ0v) is 13.9. The Hall–Kier alpha value is -1.67. The highest BCUT2D eigenvalue weighted by Crippen LogP contribution is 2.17. The van der Waals surface area contributed by atoms with E-state index in [1.54, 1.807) is 24.5 Å². The number of nitrogens with zero attached hydrogens (tertiary/aromatic N) is 1. The van der Waals surface area contributed by atoms with Crippen LogP contribution in [0.5, 0.6) is 0 Å². The number of aromatic nitrogens is 1. The minimum Gasteiger partial charge on any atom is -0.337 e. The smallest absolute Gasteiger partial charge is 0.315 e. The molecule has 1 heterocycles. The fourth-order valence-corrected chi connectivity index (χ4v) is 3.45. The number of hydrogen-bond acceptors (Lipinski definition) is 4. The van der Waals surface area contributed by atoms with Crippen LogP contribution in [-0.4, -0.2) is 37.8 Å². The van der Waals surface area contributed by atoms with Crippen molar-refractivity contribution in [2.24, 2.45) is 0 Å². The van der Waals surface area contributed by atoms with E-state index in [1.165, 1.54) is 6.42 Å². The van der Waals surface area contributed by atoms with Gasteiger partial charge in [-0.05, 0) is 24.5 Å². The van der Waals surface area contributed by atoms with Crippen molar-refractivity contribution in [2.45, 2.75) is 44.7 Å². The Morgan fingerprint density at radius 3 is 2.74 bits per heavy atom. The minimum atomic E-state index is -3.43. The van der Waals surface area contributed by atoms with Gasteiger partial charge in [-0.3, -0.25) is 4.98 Å². The van der Waals surface area contributed by atoms with Crippen LogP contribution in [0.4, 0.5) is 4.79 Å². The second-order valence-electron chi connectivity index (χ2n) is 5.74. The molecule has 0 saturated heterocycles. The van der Waals surface area contributed by atoms with E-state index in [1.807, 2.05) is 0 Å². The highest BCUT2D eigenvalue weighted by molar-refractivity contribution is 7.89. The zero-order valence-electron chi connectivity index (χ0n) is 13.1. The maximum absolute atomic E-state index is 11.9. The predicted octanol–water partition coefficient (Wildman–Crippen LogP) is 1.13. The molecule has 8 heteroatoms. The fourth-order valence-electron chi connectivity index (χ4n) is 2.55. The van der Waals surface area contributed by atoms with Gasteiger partial charge in [-0.15, -0.1) is 0 Å². The standard InChI is InChI=1S/C15H24N4O3S/c20-15(19-14-6-2-1-3-7-14)17-9-10-23(21,22)18-12-13-5-4-8-16-11-13/h4-5,8,11,14,18H,1-3,6-7,9-10,12H2,(H2,17,19,20). The quantitative estimate of drug-likeness (QED) is 0.693. The second-order valence-corrected chi connectivity index (χ2v) is 7.66. The molecule has 0 atom stereocenters. The number of pyridine rings is 1. The first-order chi connectivity index (χ1) is 11.1. The van der Waals surface area contributed by atoms with Gasteiger partial charge in [0, 0.05) is 31.5 Å². The number of hydrogen-bond donors (Lipinski definition) is 3. The monoisotopic (exact) mass is 340 g/mol. The third kappa shape index (κ3) is 6.96. The lowest BCUT2D eigenvalue weighted by molar-refractivity contribution is 0.233. The van der Waals surface area contributed by atoms with E-state index in [4.69, 9.17) is 0 Å². The topological polar surface area (TPSA) is 100 Å². The minimum absolute atomic E-state index is 0.0843. The number of urea groups is 1. The Bertz CT molecular complexity index is 586. The molecule has 1 fully saturated rings. The molecule has 2 rings (SSSR count). The average Bonchev–Trinajstić information content (AvgIpc) is 2.55. The molecule has 0 unspecified atom stereocenters. The molecule has 3 N–H and O–H groups in total. The van der Waals surface area contributed by atoms with Crippen LogP contribution in [0.3, 0.4) is 0 Å². The Morgan fingerprint density at radius 2 is 2.04 bits per heavy atom. The third-order valence-corrected chi connectivity index (χ3v) is 5.14. The van der Waals surface area contributed by atoms with Crippen LogP contribution in [0.15, 0.2) is 24.5 Å². The molecule has 0 spiro atoms. The van der Waals surface area contributed by atoms with Gasteiger partial charge in [0.25, 0.3) is 0 Å². The number of nitrogens with one attached hydrogen (secondary N) is 3. The molecule has 0 aromatic carbocycles. The lowest BCUT2D eigenvalue weighted by Crippen LogP contribution is -2.44. The van der Waals surface area contributed by atoms with Crippen LogP contribution in [-0.2, 0) is 16.6 Å². The molecular weight excluding hydrogens is 316 g/mol. The van der Waals surface area contributed by atoms with Crippen molar-refractivity contribution in [1.29, 1.82) is 0 Å². The summed E-state index contributed by atoms with van der Waals surface area (Å²) in [5, 5.41) is 5.49. The average molecular weight is 340 g/mol. The maximum Gasteiger partial charge on any atom is 0.315 e. The van der Waals surface area contributed by atoms with Crippen LogP contribution in [0.2, 0.25) is 0 Å². The van der Waals surface area contributed by atoms with E-state index in [0.29, 0.717) is 0 Å². The molecule has 1 aliphatic rings. The molecule has 0 radical (unpaired) electrons. The third-order valence-electron chi connectivity index (χ3n) is 3.82. The van der Waals surface area contributed by atoms with Crippen molar-refractivity contribution in [1.82, 2.24) is 20.3 Å². The Balaban J connectivity index is 1.64. The molecule has 1 aromatic rings. The van der Waals surface area contributed by atoms with Crippen molar-refractivity contribution in [3.63, 3.8) is 0 Å². The normalized spacial score (nSPS) is 16.0. The number of carbonyl (C=O) groups excluding carboxylic acids is 1. The molecule has 1 aliphatic carbocycles. The van der Waals surface area contributed by atoms with Gasteiger partial charge in [-0.2, -0.15) is 0 Å². The summed E-state index contributed by atoms with van der Waals surface area (Å²) in [5.74, 6) is -0.147. The van der Waals surface area contributed by atoms with E-state index in [-0.39, 0.29) is 30.9 Å². The summed E-state index contributed by atoms with van der Waals surface area (Å²) in [6.07, 6.45) is 8.73. The van der Waals surface area contributed by atoms with E-state index >= 15 is 0 Å². The molecule has 1 saturated carbocycles. The van der Waals surface area contributed by atoms with Gasteiger partial charge in [0.15, 0.2) is 0 Å². The Morgan fingerprint density at radius 1 is 1.26 bits per heavy atom. The summed E-state index contributed by atoms with van der Waals surface area (Å²) < 4.78 is 26.2. The number of carbonyl (C=O) groups is 1. The van der Waals surface area contributed by atoms with Crippen molar-refractivity contribution in [2.75, 3.05) is 12.3 Å². The van der Waals surface area contributed by atoms with Gasteiger partial charge < -0.3 is 10.6 Å². The van der Waals surface area contributed by atoms with Gasteiger partial charge in [0.05, 0.1) is 5.75 Å². The molecular formula is C15H24N4O3S. The molecule has 7 nitrogen and oxygen atoms in total. The van der Waals surface area contributed by atoms with Gasteiger partial charge in [0.1, 0.15) is 0 Å². The maximum atomic E-state index is 11.9. The first-order valence-electron chi connectivity index (χ1n) is 7.96. The molecule has 2 amide bonds. The lowest BCUT2D eigenvalue weighted by atomic mass is 9.96. The summed E-state index contributed by atoms with van der Waals surface area (Å²) in [4.78, 5) is 15.7. The van der Waals surface area contributed by atoms with Crippen LogP contribution < -0.4 is 15.4 Å². The summed E-state index contributed by atoms with van der Waals surface area (Å²) in [5.41, 5.74) is 0.791. The first-order valence-corrected chi connectivity index (χ1v) is 9.61. The molecule has 23 heavy (non-hydrogen) atoms. The first kappa shape index (κ1) is 17.7. The second kappa shape index (κ2) is 8.83. The van der Waals surface area contributed by atoms with Gasteiger partial charge in [-0.25, -0.2) is 17.9 Å². The van der Waals surface area contributed by atoms with E-state index in [2.05, 4.69) is 20.3 Å². The summed E-state index contributed by atoms with van der Waals surface area (Å²) in [7, 11) is -3.43. The van der Waals surface area contributed by atoms with Gasteiger partial charge in [0.2, 0.25) is 10.0 Å². The van der Waals surface area contributed by atoms with Crippen LogP contribution in [0, 0.1) is 0 Å². The summed E-state index contributed by atoms with van der Waals surface area (Å²) in [6.45, 7) is 0.283. The highest BCUT2D eigenvalue weighted by atomic mass is 32.2. The fraction of sp³-hybridized carbons (Fsp3) is 0.600. The van der Waals surface area contributed by atoms with E-state index < -0.39 is 10.0 Å². The van der Waals surface area contributed by atoms with Crippen molar-refractivity contribution in [3.8, 4) is 0 Å². The number of rotatable bonds is 7. The Labute approximate surface area is 137 Å². The lowest BCUT2D eigenvalue weighted by Gasteiger charge is -2.22. The SMILES string of the molecule is O=C(NCCS(=O)(=O)NCc1cccnc1)NC1CCCCC1. The van der Waals surface area contributed by atoms with Gasteiger partial charge in [-0.1, -0.05) is 25.3 Å². The van der Waals surface area contributed by atoms with Crippen LogP contribution in [0.25, 0.3) is 0 Å². The summed E-state index contributed by atoms with van der Waals surface area (Å²) >= 11 is 0. The molecule has 0 aliphatic heterocycles. The Kier molecular flexibility index (Phi) is 6.79. The van der Waals surface area contributed by atoms with E-state index in [9.17, 15) is 13.2 Å². The molecule has 128 valence electrons. The van der Waals surface area contributed by atoms with Crippen molar-refractivity contribution < 1.29 is 13.2 Å². The number of sulfonamides is 1. The summed E-state index contributed by atoms with van der Waals surface area (Å²) in [6, 6.07) is 3.47. The highest BCUT2D eigenvalue weighted by Gasteiger charge is 2.16. The molecule has 1 aromatic heterocycles. The largest absolute Gasteiger partial charge is 0.337 e. The van der Waals surface area contributed by atoms with Crippen LogP contribution in [0.1, 0.15) is 37.7 Å². The van der Waals surface area contributed by atoms with Gasteiger partial charge >= 0.3 is 6.03 Å². The molecule has 0 bridgehead atoms. The van der Waals surface area contributed by atoms with Crippen molar-refractivity contribution >= 4 is 16.1 Å². The zero-order chi connectivity index (χ0) is 16.5. The van der Waals surface area contributed by atoms with E-state index in [0.717, 1.165) is 31.2 Å². The predicted molar refractivity (Wildman–Crippen MR) is 88.3 cm³/mol. The van der Waals surface area contributed by atoms with Crippen molar-refractivity contribution in [3.05, 3.63) is 30.1 Å². The number of amides is 2. The van der Waals surface area contributed by atoms with Crippen LogP contribution >= 0.6 is 0 Å².